The van der Waals surface area contributed by atoms with Crippen molar-refractivity contribution in [3.05, 3.63) is 57.3 Å². The maximum Gasteiger partial charge on any atom is 0.341 e. The van der Waals surface area contributed by atoms with Crippen molar-refractivity contribution in [2.45, 2.75) is 13.8 Å². The molecule has 1 N–H and O–H groups in total. The van der Waals surface area contributed by atoms with Gasteiger partial charge in [-0.1, -0.05) is 30.3 Å². The number of hydrogen-bond acceptors (Lipinski definition) is 7. The predicted molar refractivity (Wildman–Crippen MR) is 126 cm³/mol. The zero-order chi connectivity index (χ0) is 23.3. The predicted octanol–water partition coefficient (Wildman–Crippen LogP) is 2.71. The van der Waals surface area contributed by atoms with Crippen LogP contribution in [-0.4, -0.2) is 69.3 Å². The first-order chi connectivity index (χ1) is 15.2. The molecule has 172 valence electrons. The summed E-state index contributed by atoms with van der Waals surface area (Å²) in [7, 11) is -2.22. The van der Waals surface area contributed by atoms with Gasteiger partial charge in [0.1, 0.15) is 5.00 Å². The number of amides is 1. The highest BCUT2D eigenvalue weighted by Crippen LogP contribution is 2.32. The van der Waals surface area contributed by atoms with E-state index in [1.165, 1.54) is 28.2 Å². The van der Waals surface area contributed by atoms with Crippen LogP contribution in [0.3, 0.4) is 0 Å². The molecule has 0 atom stereocenters. The highest BCUT2D eigenvalue weighted by atomic mass is 32.2. The number of anilines is 1. The third-order valence-electron chi connectivity index (χ3n) is 5.32. The van der Waals surface area contributed by atoms with Gasteiger partial charge >= 0.3 is 5.97 Å². The van der Waals surface area contributed by atoms with Crippen molar-refractivity contribution in [1.29, 1.82) is 0 Å². The van der Waals surface area contributed by atoms with Crippen LogP contribution in [0.2, 0.25) is 0 Å². The van der Waals surface area contributed by atoms with Crippen LogP contribution >= 0.6 is 11.3 Å². The number of aryl methyl sites for hydroxylation is 1. The van der Waals surface area contributed by atoms with E-state index in [0.29, 0.717) is 36.7 Å². The summed E-state index contributed by atoms with van der Waals surface area (Å²) in [5.74, 6) is -0.735. The fourth-order valence-corrected chi connectivity index (χ4v) is 5.63. The standard InChI is InChI=1S/C22H27N3O5S2/c1-16-17(2)31-21(20(16)22(27)30-3)23-19(26)15-24-10-12-25(13-11-24)32(28,29)14-9-18-7-5-4-6-8-18/h4-9,14H,10-13,15H2,1-3H3,(H,23,26)/b14-9+. The fourth-order valence-electron chi connectivity index (χ4n) is 3.39. The molecule has 1 aliphatic rings. The Morgan fingerprint density at radius 2 is 1.78 bits per heavy atom. The largest absolute Gasteiger partial charge is 0.465 e. The molecular weight excluding hydrogens is 450 g/mol. The summed E-state index contributed by atoms with van der Waals surface area (Å²) >= 11 is 1.34. The van der Waals surface area contributed by atoms with Crippen molar-refractivity contribution in [2.24, 2.45) is 0 Å². The van der Waals surface area contributed by atoms with E-state index in [1.54, 1.807) is 6.08 Å². The number of piperazine rings is 1. The third kappa shape index (κ3) is 5.83. The van der Waals surface area contributed by atoms with E-state index in [0.717, 1.165) is 16.0 Å². The number of carbonyl (C=O) groups is 2. The van der Waals surface area contributed by atoms with Gasteiger partial charge in [-0.15, -0.1) is 11.3 Å². The van der Waals surface area contributed by atoms with E-state index >= 15 is 0 Å². The lowest BCUT2D eigenvalue weighted by atomic mass is 10.1. The molecule has 1 saturated heterocycles. The van der Waals surface area contributed by atoms with Crippen LogP contribution in [-0.2, 0) is 19.6 Å². The molecule has 0 aliphatic carbocycles. The molecule has 1 fully saturated rings. The lowest BCUT2D eigenvalue weighted by Gasteiger charge is -2.32. The Kier molecular flexibility index (Phi) is 7.83. The Bertz CT molecular complexity index is 1100. The first-order valence-electron chi connectivity index (χ1n) is 10.1. The maximum absolute atomic E-state index is 12.6. The van der Waals surface area contributed by atoms with Gasteiger partial charge < -0.3 is 10.1 Å². The molecule has 1 aromatic heterocycles. The Labute approximate surface area is 192 Å². The molecule has 0 bridgehead atoms. The molecular formula is C22H27N3O5S2. The molecule has 1 aromatic carbocycles. The average molecular weight is 478 g/mol. The SMILES string of the molecule is COC(=O)c1c(NC(=O)CN2CCN(S(=O)(=O)/C=C/c3ccccc3)CC2)sc(C)c1C. The molecule has 0 spiro atoms. The minimum Gasteiger partial charge on any atom is -0.465 e. The quantitative estimate of drug-likeness (QED) is 0.616. The van der Waals surface area contributed by atoms with Crippen molar-refractivity contribution >= 4 is 44.3 Å². The number of ether oxygens (including phenoxy) is 1. The van der Waals surface area contributed by atoms with Gasteiger partial charge in [-0.3, -0.25) is 9.69 Å². The number of methoxy groups -OCH3 is 1. The summed E-state index contributed by atoms with van der Waals surface area (Å²) in [6.45, 7) is 5.31. The number of carbonyl (C=O) groups excluding carboxylic acids is 2. The molecule has 0 unspecified atom stereocenters. The number of thiophene rings is 1. The Morgan fingerprint density at radius 3 is 2.41 bits per heavy atom. The summed E-state index contributed by atoms with van der Waals surface area (Å²) in [5.41, 5.74) is 1.99. The number of esters is 1. The van der Waals surface area contributed by atoms with Gasteiger partial charge in [-0.05, 0) is 31.1 Å². The van der Waals surface area contributed by atoms with E-state index in [-0.39, 0.29) is 12.5 Å². The Hall–Kier alpha value is -2.53. The van der Waals surface area contributed by atoms with E-state index in [4.69, 9.17) is 4.74 Å². The van der Waals surface area contributed by atoms with Crippen molar-refractivity contribution in [3.8, 4) is 0 Å². The van der Waals surface area contributed by atoms with Crippen LogP contribution in [0.5, 0.6) is 0 Å². The van der Waals surface area contributed by atoms with E-state index in [1.807, 2.05) is 49.1 Å². The van der Waals surface area contributed by atoms with Gasteiger partial charge in [0.2, 0.25) is 15.9 Å². The van der Waals surface area contributed by atoms with Crippen molar-refractivity contribution in [2.75, 3.05) is 45.2 Å². The second kappa shape index (κ2) is 10.4. The second-order valence-electron chi connectivity index (χ2n) is 7.46. The lowest BCUT2D eigenvalue weighted by Crippen LogP contribution is -2.49. The normalized spacial score (nSPS) is 15.7. The number of sulfonamides is 1. The van der Waals surface area contributed by atoms with Crippen molar-refractivity contribution in [3.63, 3.8) is 0 Å². The van der Waals surface area contributed by atoms with Crippen LogP contribution in [0.25, 0.3) is 6.08 Å². The number of benzene rings is 1. The van der Waals surface area contributed by atoms with Gasteiger partial charge in [0, 0.05) is 36.5 Å². The lowest BCUT2D eigenvalue weighted by molar-refractivity contribution is -0.117. The van der Waals surface area contributed by atoms with Crippen molar-refractivity contribution in [1.82, 2.24) is 9.21 Å². The molecule has 2 aromatic rings. The highest BCUT2D eigenvalue weighted by Gasteiger charge is 2.27. The molecule has 10 heteroatoms. The maximum atomic E-state index is 12.6. The van der Waals surface area contributed by atoms with Gasteiger partial charge in [0.15, 0.2) is 0 Å². The average Bonchev–Trinajstić information content (AvgIpc) is 3.05. The fraction of sp³-hybridized carbons (Fsp3) is 0.364. The summed E-state index contributed by atoms with van der Waals surface area (Å²) in [6.07, 6.45) is 1.58. The summed E-state index contributed by atoms with van der Waals surface area (Å²) < 4.78 is 31.4. The molecule has 2 heterocycles. The van der Waals surface area contributed by atoms with Crippen LogP contribution < -0.4 is 5.32 Å². The second-order valence-corrected chi connectivity index (χ2v) is 10.5. The number of nitrogens with zero attached hydrogens (tertiary/aromatic N) is 2. The van der Waals surface area contributed by atoms with Gasteiger partial charge in [-0.2, -0.15) is 4.31 Å². The van der Waals surface area contributed by atoms with Gasteiger partial charge in [-0.25, -0.2) is 13.2 Å². The molecule has 3 rings (SSSR count). The monoisotopic (exact) mass is 477 g/mol. The van der Waals surface area contributed by atoms with E-state index in [2.05, 4.69) is 5.32 Å². The Morgan fingerprint density at radius 1 is 1.12 bits per heavy atom. The van der Waals surface area contributed by atoms with Gasteiger partial charge in [0.25, 0.3) is 0 Å². The number of rotatable bonds is 7. The minimum absolute atomic E-state index is 0.115. The highest BCUT2D eigenvalue weighted by molar-refractivity contribution is 7.92. The van der Waals surface area contributed by atoms with Crippen LogP contribution in [0.4, 0.5) is 5.00 Å². The Balaban J connectivity index is 1.55. The van der Waals surface area contributed by atoms with E-state index in [9.17, 15) is 18.0 Å². The number of hydrogen-bond donors (Lipinski definition) is 1. The smallest absolute Gasteiger partial charge is 0.341 e. The zero-order valence-electron chi connectivity index (χ0n) is 18.3. The molecule has 8 nitrogen and oxygen atoms in total. The third-order valence-corrected chi connectivity index (χ3v) is 8.01. The number of nitrogens with one attached hydrogen (secondary N) is 1. The van der Waals surface area contributed by atoms with Crippen LogP contribution in [0.15, 0.2) is 35.7 Å². The molecule has 1 amide bonds. The summed E-state index contributed by atoms with van der Waals surface area (Å²) in [6, 6.07) is 9.25. The van der Waals surface area contributed by atoms with Gasteiger partial charge in [0.05, 0.1) is 19.2 Å². The molecule has 1 aliphatic heterocycles. The molecule has 0 radical (unpaired) electrons. The summed E-state index contributed by atoms with van der Waals surface area (Å²) in [4.78, 5) is 27.5. The van der Waals surface area contributed by atoms with E-state index < -0.39 is 16.0 Å². The first-order valence-corrected chi connectivity index (χ1v) is 12.5. The zero-order valence-corrected chi connectivity index (χ0v) is 20.0. The van der Waals surface area contributed by atoms with Crippen molar-refractivity contribution < 1.29 is 22.7 Å². The molecule has 0 saturated carbocycles. The van der Waals surface area contributed by atoms with Crippen LogP contribution in [0, 0.1) is 13.8 Å². The van der Waals surface area contributed by atoms with Crippen LogP contribution in [0.1, 0.15) is 26.4 Å². The topological polar surface area (TPSA) is 96.0 Å². The molecule has 32 heavy (non-hydrogen) atoms. The first kappa shape index (κ1) is 24.1. The minimum atomic E-state index is -3.53. The summed E-state index contributed by atoms with van der Waals surface area (Å²) in [5, 5.41) is 4.51.